The van der Waals surface area contributed by atoms with E-state index in [9.17, 15) is 0 Å². The maximum absolute atomic E-state index is 5.18. The summed E-state index contributed by atoms with van der Waals surface area (Å²) in [4.78, 5) is 15.4. The number of hydrogen-bond donors (Lipinski definition) is 0. The van der Waals surface area contributed by atoms with Crippen molar-refractivity contribution in [3.63, 3.8) is 0 Å². The molecule has 3 heteroatoms. The molecule has 0 atom stereocenters. The quantitative estimate of drug-likeness (QED) is 0.179. The van der Waals surface area contributed by atoms with Gasteiger partial charge < -0.3 is 0 Å². The number of benzene rings is 8. The fourth-order valence-corrected chi connectivity index (χ4v) is 9.04. The van der Waals surface area contributed by atoms with Gasteiger partial charge in [-0.3, -0.25) is 0 Å². The first-order valence-electron chi connectivity index (χ1n) is 18.8. The average Bonchev–Trinajstić information content (AvgIpc) is 3.74. The lowest BCUT2D eigenvalue weighted by Crippen LogP contribution is -2.26. The largest absolute Gasteiger partial charge is 0.208 e. The van der Waals surface area contributed by atoms with E-state index in [1.807, 2.05) is 24.3 Å². The standard InChI is InChI=1S/C52H33N3/c1-3-16-34(17-4-1)36-20-13-22-38(32-36)50-53-49(35-18-5-2-6-19-35)54-51(55-50)39-23-14-21-37(33-39)40-27-15-28-44-43-26-9-12-31-47(43)52(48(40)44)45-29-10-7-24-41(45)42-25-8-11-30-46(42)52/h1-33H. The zero-order chi connectivity index (χ0) is 36.3. The highest BCUT2D eigenvalue weighted by Gasteiger charge is 2.52. The zero-order valence-electron chi connectivity index (χ0n) is 29.9. The van der Waals surface area contributed by atoms with Crippen LogP contribution in [0.1, 0.15) is 22.3 Å². The lowest BCUT2D eigenvalue weighted by Gasteiger charge is -2.32. The summed E-state index contributed by atoms with van der Waals surface area (Å²) in [5.74, 6) is 1.92. The summed E-state index contributed by atoms with van der Waals surface area (Å²) in [7, 11) is 0. The van der Waals surface area contributed by atoms with Crippen molar-refractivity contribution in [1.29, 1.82) is 0 Å². The molecule has 1 aromatic heterocycles. The van der Waals surface area contributed by atoms with E-state index in [1.54, 1.807) is 0 Å². The molecule has 0 unspecified atom stereocenters. The predicted octanol–water partition coefficient (Wildman–Crippen LogP) is 12.6. The summed E-state index contributed by atoms with van der Waals surface area (Å²) in [5, 5.41) is 0. The van der Waals surface area contributed by atoms with Crippen LogP contribution in [-0.2, 0) is 5.41 Å². The van der Waals surface area contributed by atoms with Crippen molar-refractivity contribution >= 4 is 0 Å². The zero-order valence-corrected chi connectivity index (χ0v) is 29.9. The summed E-state index contributed by atoms with van der Waals surface area (Å²) in [6.45, 7) is 0. The van der Waals surface area contributed by atoms with Crippen LogP contribution in [-0.4, -0.2) is 15.0 Å². The SMILES string of the molecule is c1ccc(-c2cccc(-c3nc(-c4ccccc4)nc(-c4cccc(-c5cccc6c5C5(c7ccccc7-c7ccccc75)c5ccccc5-6)c4)n3)c2)cc1. The van der Waals surface area contributed by atoms with Gasteiger partial charge in [0.05, 0.1) is 5.41 Å². The third-order valence-electron chi connectivity index (χ3n) is 11.3. The fourth-order valence-electron chi connectivity index (χ4n) is 9.04. The molecule has 8 aromatic carbocycles. The highest BCUT2D eigenvalue weighted by Crippen LogP contribution is 2.64. The van der Waals surface area contributed by atoms with Gasteiger partial charge in [-0.05, 0) is 78.9 Å². The van der Waals surface area contributed by atoms with E-state index >= 15 is 0 Å². The minimum absolute atomic E-state index is 0.448. The molecule has 0 radical (unpaired) electrons. The lowest BCUT2D eigenvalue weighted by molar-refractivity contribution is 0.796. The molecule has 2 aliphatic carbocycles. The molecule has 1 spiro atoms. The number of nitrogens with zero attached hydrogens (tertiary/aromatic N) is 3. The smallest absolute Gasteiger partial charge is 0.164 e. The minimum atomic E-state index is -0.448. The highest BCUT2D eigenvalue weighted by molar-refractivity contribution is 5.98. The van der Waals surface area contributed by atoms with Crippen LogP contribution >= 0.6 is 0 Å². The maximum Gasteiger partial charge on any atom is 0.164 e. The van der Waals surface area contributed by atoms with Crippen LogP contribution in [0, 0.1) is 0 Å². The Bertz CT molecular complexity index is 2870. The van der Waals surface area contributed by atoms with E-state index in [-0.39, 0.29) is 0 Å². The first-order valence-corrected chi connectivity index (χ1v) is 18.8. The lowest BCUT2D eigenvalue weighted by atomic mass is 9.68. The van der Waals surface area contributed by atoms with E-state index in [0.29, 0.717) is 17.5 Å². The number of fused-ring (bicyclic) bond motifs is 10. The molecule has 0 bridgehead atoms. The molecule has 0 aliphatic heterocycles. The summed E-state index contributed by atoms with van der Waals surface area (Å²) in [6.07, 6.45) is 0. The Morgan fingerprint density at radius 2 is 0.618 bits per heavy atom. The van der Waals surface area contributed by atoms with Crippen molar-refractivity contribution < 1.29 is 0 Å². The maximum atomic E-state index is 5.18. The number of aromatic nitrogens is 3. The van der Waals surface area contributed by atoms with Crippen molar-refractivity contribution in [2.45, 2.75) is 5.41 Å². The van der Waals surface area contributed by atoms with Crippen LogP contribution in [0.2, 0.25) is 0 Å². The molecule has 3 nitrogen and oxygen atoms in total. The van der Waals surface area contributed by atoms with Gasteiger partial charge in [0.15, 0.2) is 17.5 Å². The molecular weight excluding hydrogens is 667 g/mol. The molecule has 55 heavy (non-hydrogen) atoms. The number of hydrogen-bond acceptors (Lipinski definition) is 3. The van der Waals surface area contributed by atoms with Crippen LogP contribution in [0.25, 0.3) is 78.7 Å². The summed E-state index contributed by atoms with van der Waals surface area (Å²) >= 11 is 0. The van der Waals surface area contributed by atoms with Gasteiger partial charge in [-0.25, -0.2) is 15.0 Å². The highest BCUT2D eigenvalue weighted by atomic mass is 15.0. The second-order valence-corrected chi connectivity index (χ2v) is 14.3. The van der Waals surface area contributed by atoms with E-state index < -0.39 is 5.41 Å². The molecule has 0 fully saturated rings. The van der Waals surface area contributed by atoms with Crippen molar-refractivity contribution in [3.8, 4) is 78.7 Å². The van der Waals surface area contributed by atoms with Crippen molar-refractivity contribution in [2.75, 3.05) is 0 Å². The Balaban J connectivity index is 1.11. The van der Waals surface area contributed by atoms with E-state index in [4.69, 9.17) is 15.0 Å². The molecule has 0 amide bonds. The summed E-state index contributed by atoms with van der Waals surface area (Å²) < 4.78 is 0. The predicted molar refractivity (Wildman–Crippen MR) is 223 cm³/mol. The molecule has 256 valence electrons. The summed E-state index contributed by atoms with van der Waals surface area (Å²) in [5.41, 5.74) is 17.4. The normalized spacial score (nSPS) is 12.9. The van der Waals surface area contributed by atoms with Gasteiger partial charge in [0.1, 0.15) is 0 Å². The Morgan fingerprint density at radius 1 is 0.255 bits per heavy atom. The van der Waals surface area contributed by atoms with Crippen LogP contribution in [0.15, 0.2) is 200 Å². The van der Waals surface area contributed by atoms with E-state index in [2.05, 4.69) is 176 Å². The summed E-state index contributed by atoms with van der Waals surface area (Å²) in [6, 6.07) is 71.5. The van der Waals surface area contributed by atoms with Gasteiger partial charge in [-0.2, -0.15) is 0 Å². The number of rotatable bonds is 5. The molecule has 0 N–H and O–H groups in total. The van der Waals surface area contributed by atoms with Gasteiger partial charge in [0, 0.05) is 16.7 Å². The van der Waals surface area contributed by atoms with Crippen LogP contribution < -0.4 is 0 Å². The van der Waals surface area contributed by atoms with Gasteiger partial charge >= 0.3 is 0 Å². The van der Waals surface area contributed by atoms with Gasteiger partial charge in [-0.15, -0.1) is 0 Å². The van der Waals surface area contributed by atoms with E-state index in [0.717, 1.165) is 33.4 Å². The van der Waals surface area contributed by atoms with Crippen LogP contribution in [0.4, 0.5) is 0 Å². The third-order valence-corrected chi connectivity index (χ3v) is 11.3. The Kier molecular flexibility index (Phi) is 7.08. The van der Waals surface area contributed by atoms with Gasteiger partial charge in [-0.1, -0.05) is 188 Å². The second-order valence-electron chi connectivity index (χ2n) is 14.3. The minimum Gasteiger partial charge on any atom is -0.208 e. The topological polar surface area (TPSA) is 38.7 Å². The molecule has 1 heterocycles. The molecule has 0 saturated carbocycles. The Hall–Kier alpha value is -7.23. The molecule has 0 saturated heterocycles. The van der Waals surface area contributed by atoms with Crippen molar-refractivity contribution in [3.05, 3.63) is 222 Å². The van der Waals surface area contributed by atoms with Crippen LogP contribution in [0.3, 0.4) is 0 Å². The first kappa shape index (κ1) is 31.3. The molecule has 9 aromatic rings. The van der Waals surface area contributed by atoms with E-state index in [1.165, 1.54) is 50.1 Å². The van der Waals surface area contributed by atoms with Crippen molar-refractivity contribution in [2.24, 2.45) is 0 Å². The Morgan fingerprint density at radius 3 is 1.20 bits per heavy atom. The monoisotopic (exact) mass is 699 g/mol. The van der Waals surface area contributed by atoms with Gasteiger partial charge in [0.2, 0.25) is 0 Å². The van der Waals surface area contributed by atoms with Crippen molar-refractivity contribution in [1.82, 2.24) is 15.0 Å². The van der Waals surface area contributed by atoms with Gasteiger partial charge in [0.25, 0.3) is 0 Å². The van der Waals surface area contributed by atoms with Crippen LogP contribution in [0.5, 0.6) is 0 Å². The molecular formula is C52H33N3. The third kappa shape index (κ3) is 4.80. The Labute approximate surface area is 320 Å². The second kappa shape index (κ2) is 12.4. The molecule has 2 aliphatic rings. The average molecular weight is 700 g/mol. The molecule has 11 rings (SSSR count). The first-order chi connectivity index (χ1) is 27.3. The fraction of sp³-hybridized carbons (Fsp3) is 0.0192.